The Morgan fingerprint density at radius 2 is 1.70 bits per heavy atom. The van der Waals surface area contributed by atoms with Crippen molar-refractivity contribution >= 4 is 39.8 Å². The van der Waals surface area contributed by atoms with Crippen molar-refractivity contribution in [3.63, 3.8) is 0 Å². The van der Waals surface area contributed by atoms with Crippen LogP contribution in [0.2, 0.25) is 10.0 Å². The van der Waals surface area contributed by atoms with Gasteiger partial charge in [0.15, 0.2) is 0 Å². The Hall–Kier alpha value is -1.77. The second-order valence-corrected chi connectivity index (χ2v) is 5.38. The predicted molar refractivity (Wildman–Crippen MR) is 85.5 cm³/mol. The molecule has 0 spiro atoms. The molecule has 1 heterocycles. The number of anilines is 1. The Bertz CT molecular complexity index is 731. The molecule has 20 heavy (non-hydrogen) atoms. The Balaban J connectivity index is 1.87. The lowest BCUT2D eigenvalue weighted by molar-refractivity contribution is 1.15. The third kappa shape index (κ3) is 2.87. The lowest BCUT2D eigenvalue weighted by Crippen LogP contribution is -2.00. The number of para-hydroxylation sites is 1. The van der Waals surface area contributed by atoms with Crippen LogP contribution in [0.3, 0.4) is 0 Å². The van der Waals surface area contributed by atoms with Crippen molar-refractivity contribution in [1.82, 2.24) is 4.98 Å². The number of hydrogen-bond donors (Lipinski definition) is 1. The summed E-state index contributed by atoms with van der Waals surface area (Å²) in [5, 5.41) is 5.70. The molecule has 0 bridgehead atoms. The third-order valence-electron chi connectivity index (χ3n) is 3.06. The van der Waals surface area contributed by atoms with Crippen molar-refractivity contribution < 1.29 is 0 Å². The zero-order valence-electron chi connectivity index (χ0n) is 10.6. The summed E-state index contributed by atoms with van der Waals surface area (Å²) in [5.74, 6) is 0. The summed E-state index contributed by atoms with van der Waals surface area (Å²) in [5.41, 5.74) is 3.05. The molecule has 0 aliphatic carbocycles. The van der Waals surface area contributed by atoms with Gasteiger partial charge in [-0.3, -0.25) is 4.98 Å². The molecule has 2 nitrogen and oxygen atoms in total. The van der Waals surface area contributed by atoms with Crippen LogP contribution < -0.4 is 5.32 Å². The van der Waals surface area contributed by atoms with Crippen molar-refractivity contribution in [3.8, 4) is 0 Å². The fraction of sp³-hybridized carbons (Fsp3) is 0.0625. The molecular weight excluding hydrogens is 291 g/mol. The highest BCUT2D eigenvalue weighted by atomic mass is 35.5. The molecule has 1 aromatic heterocycles. The summed E-state index contributed by atoms with van der Waals surface area (Å²) in [6.07, 6.45) is 1.81. The Kier molecular flexibility index (Phi) is 3.77. The van der Waals surface area contributed by atoms with Crippen LogP contribution in [-0.2, 0) is 6.54 Å². The molecule has 0 fully saturated rings. The Morgan fingerprint density at radius 1 is 0.950 bits per heavy atom. The van der Waals surface area contributed by atoms with E-state index in [1.54, 1.807) is 6.07 Å². The van der Waals surface area contributed by atoms with Gasteiger partial charge in [-0.1, -0.05) is 47.5 Å². The maximum atomic E-state index is 5.99. The molecule has 2 aromatic carbocycles. The smallest absolute Gasteiger partial charge is 0.0751 e. The number of benzene rings is 2. The average molecular weight is 303 g/mol. The minimum absolute atomic E-state index is 0.621. The molecule has 0 saturated carbocycles. The second kappa shape index (κ2) is 5.70. The standard InChI is InChI=1S/C16H12Cl2N2/c17-13-7-14(18)9-15(8-13)20-10-12-4-1-3-11-5-2-6-19-16(11)12/h1-9,20H,10H2. The zero-order chi connectivity index (χ0) is 13.9. The highest BCUT2D eigenvalue weighted by molar-refractivity contribution is 6.35. The van der Waals surface area contributed by atoms with E-state index in [0.29, 0.717) is 16.6 Å². The first kappa shape index (κ1) is 13.2. The van der Waals surface area contributed by atoms with Crippen LogP contribution in [0.5, 0.6) is 0 Å². The molecule has 0 aliphatic rings. The molecule has 0 amide bonds. The van der Waals surface area contributed by atoms with E-state index in [1.807, 2.05) is 30.5 Å². The van der Waals surface area contributed by atoms with Crippen LogP contribution in [-0.4, -0.2) is 4.98 Å². The molecular formula is C16H12Cl2N2. The molecule has 0 atom stereocenters. The number of fused-ring (bicyclic) bond motifs is 1. The van der Waals surface area contributed by atoms with E-state index >= 15 is 0 Å². The minimum Gasteiger partial charge on any atom is -0.381 e. The van der Waals surface area contributed by atoms with Gasteiger partial charge in [-0.15, -0.1) is 0 Å². The van der Waals surface area contributed by atoms with Crippen LogP contribution in [0.15, 0.2) is 54.7 Å². The van der Waals surface area contributed by atoms with Crippen LogP contribution in [0.1, 0.15) is 5.56 Å². The van der Waals surface area contributed by atoms with Crippen molar-refractivity contribution in [3.05, 3.63) is 70.3 Å². The number of halogens is 2. The van der Waals surface area contributed by atoms with E-state index in [1.165, 1.54) is 0 Å². The van der Waals surface area contributed by atoms with Gasteiger partial charge in [0.25, 0.3) is 0 Å². The highest BCUT2D eigenvalue weighted by Gasteiger charge is 2.03. The molecule has 0 unspecified atom stereocenters. The summed E-state index contributed by atoms with van der Waals surface area (Å²) in [4.78, 5) is 4.44. The van der Waals surface area contributed by atoms with E-state index in [0.717, 1.165) is 22.2 Å². The summed E-state index contributed by atoms with van der Waals surface area (Å²) in [7, 11) is 0. The van der Waals surface area contributed by atoms with Gasteiger partial charge in [0.1, 0.15) is 0 Å². The number of pyridine rings is 1. The Morgan fingerprint density at radius 3 is 2.50 bits per heavy atom. The minimum atomic E-state index is 0.621. The quantitative estimate of drug-likeness (QED) is 0.723. The summed E-state index contributed by atoms with van der Waals surface area (Å²) in [6, 6.07) is 15.6. The first-order valence-electron chi connectivity index (χ1n) is 6.25. The number of aromatic nitrogens is 1. The SMILES string of the molecule is Clc1cc(Cl)cc(NCc2cccc3cccnc23)c1. The summed E-state index contributed by atoms with van der Waals surface area (Å²) >= 11 is 12.0. The molecule has 3 aromatic rings. The second-order valence-electron chi connectivity index (χ2n) is 4.50. The van der Waals surface area contributed by atoms with Crippen LogP contribution in [0.25, 0.3) is 10.9 Å². The number of rotatable bonds is 3. The maximum absolute atomic E-state index is 5.99. The van der Waals surface area contributed by atoms with Crippen molar-refractivity contribution in [2.24, 2.45) is 0 Å². The summed E-state index contributed by atoms with van der Waals surface area (Å²) in [6.45, 7) is 0.672. The number of hydrogen-bond acceptors (Lipinski definition) is 2. The molecule has 4 heteroatoms. The average Bonchev–Trinajstić information content (AvgIpc) is 2.44. The fourth-order valence-corrected chi connectivity index (χ4v) is 2.69. The lowest BCUT2D eigenvalue weighted by Gasteiger charge is -2.09. The van der Waals surface area contributed by atoms with Gasteiger partial charge in [-0.2, -0.15) is 0 Å². The zero-order valence-corrected chi connectivity index (χ0v) is 12.1. The van der Waals surface area contributed by atoms with Gasteiger partial charge < -0.3 is 5.32 Å². The van der Waals surface area contributed by atoms with Gasteiger partial charge >= 0.3 is 0 Å². The first-order valence-corrected chi connectivity index (χ1v) is 7.00. The van der Waals surface area contributed by atoms with E-state index in [4.69, 9.17) is 23.2 Å². The first-order chi connectivity index (χ1) is 9.72. The topological polar surface area (TPSA) is 24.9 Å². The highest BCUT2D eigenvalue weighted by Crippen LogP contribution is 2.23. The van der Waals surface area contributed by atoms with Gasteiger partial charge in [-0.05, 0) is 29.8 Å². The van der Waals surface area contributed by atoms with Crippen LogP contribution >= 0.6 is 23.2 Å². The molecule has 0 radical (unpaired) electrons. The van der Waals surface area contributed by atoms with Gasteiger partial charge in [0.05, 0.1) is 5.52 Å². The molecule has 3 rings (SSSR count). The van der Waals surface area contributed by atoms with Gasteiger partial charge in [0.2, 0.25) is 0 Å². The van der Waals surface area contributed by atoms with Gasteiger partial charge in [0, 0.05) is 33.9 Å². The molecule has 1 N–H and O–H groups in total. The van der Waals surface area contributed by atoms with E-state index < -0.39 is 0 Å². The van der Waals surface area contributed by atoms with Crippen LogP contribution in [0.4, 0.5) is 5.69 Å². The van der Waals surface area contributed by atoms with E-state index in [-0.39, 0.29) is 0 Å². The monoisotopic (exact) mass is 302 g/mol. The van der Waals surface area contributed by atoms with E-state index in [9.17, 15) is 0 Å². The van der Waals surface area contributed by atoms with Crippen molar-refractivity contribution in [1.29, 1.82) is 0 Å². The van der Waals surface area contributed by atoms with Gasteiger partial charge in [-0.25, -0.2) is 0 Å². The molecule has 0 saturated heterocycles. The predicted octanol–water partition coefficient (Wildman–Crippen LogP) is 5.15. The largest absolute Gasteiger partial charge is 0.381 e. The molecule has 0 aliphatic heterocycles. The summed E-state index contributed by atoms with van der Waals surface area (Å²) < 4.78 is 0. The third-order valence-corrected chi connectivity index (χ3v) is 3.50. The maximum Gasteiger partial charge on any atom is 0.0751 e. The fourth-order valence-electron chi connectivity index (χ4n) is 2.16. The Labute approximate surface area is 127 Å². The number of nitrogens with zero attached hydrogens (tertiary/aromatic N) is 1. The van der Waals surface area contributed by atoms with Crippen molar-refractivity contribution in [2.45, 2.75) is 6.54 Å². The lowest BCUT2D eigenvalue weighted by atomic mass is 10.1. The van der Waals surface area contributed by atoms with Crippen molar-refractivity contribution in [2.75, 3.05) is 5.32 Å². The number of nitrogens with one attached hydrogen (secondary N) is 1. The molecule has 100 valence electrons. The van der Waals surface area contributed by atoms with Crippen LogP contribution in [0, 0.1) is 0 Å². The van der Waals surface area contributed by atoms with E-state index in [2.05, 4.69) is 28.5 Å². The normalized spacial score (nSPS) is 10.7.